The van der Waals surface area contributed by atoms with E-state index < -0.39 is 17.2 Å². The highest BCUT2D eigenvalue weighted by atomic mass is 32.2. The van der Waals surface area contributed by atoms with Gasteiger partial charge in [-0.25, -0.2) is 0 Å². The Labute approximate surface area is 193 Å². The van der Waals surface area contributed by atoms with Crippen LogP contribution in [0, 0.1) is 0 Å². The molecule has 2 aromatic heterocycles. The van der Waals surface area contributed by atoms with Crippen LogP contribution in [0.4, 0.5) is 0 Å². The van der Waals surface area contributed by atoms with Crippen molar-refractivity contribution in [1.82, 2.24) is 20.2 Å². The molecule has 1 saturated carbocycles. The molecule has 2 amide bonds. The Kier molecular flexibility index (Phi) is 9.34. The van der Waals surface area contributed by atoms with Gasteiger partial charge in [-0.1, -0.05) is 38.2 Å². The molecule has 32 heavy (non-hydrogen) atoms. The van der Waals surface area contributed by atoms with Gasteiger partial charge in [-0.3, -0.25) is 19.4 Å². The number of nitrogens with zero attached hydrogens (tertiary/aromatic N) is 2. The molecule has 0 aliphatic heterocycles. The van der Waals surface area contributed by atoms with Crippen LogP contribution >= 0.6 is 11.8 Å². The first-order chi connectivity index (χ1) is 15.6. The van der Waals surface area contributed by atoms with E-state index in [0.29, 0.717) is 13.1 Å². The summed E-state index contributed by atoms with van der Waals surface area (Å²) >= 11 is 1.61. The number of carbonyl (C=O) groups is 2. The number of thioether (sulfide) groups is 1. The molecule has 2 heterocycles. The van der Waals surface area contributed by atoms with Gasteiger partial charge in [0, 0.05) is 36.9 Å². The summed E-state index contributed by atoms with van der Waals surface area (Å²) < 4.78 is 1.69. The number of aromatic nitrogens is 2. The van der Waals surface area contributed by atoms with Crippen LogP contribution in [0.2, 0.25) is 0 Å². The third-order valence-corrected chi connectivity index (χ3v) is 6.28. The van der Waals surface area contributed by atoms with Crippen LogP contribution in [0.15, 0.2) is 41.6 Å². The molecular formula is C24H32N4O3S. The van der Waals surface area contributed by atoms with Crippen molar-refractivity contribution in [3.8, 4) is 0 Å². The Morgan fingerprint density at radius 1 is 1.06 bits per heavy atom. The molecule has 2 aromatic rings. The van der Waals surface area contributed by atoms with Crippen LogP contribution in [0.3, 0.4) is 0 Å². The maximum Gasteiger partial charge on any atom is 0.256 e. The van der Waals surface area contributed by atoms with Crippen LogP contribution in [0.1, 0.15) is 71.4 Å². The third kappa shape index (κ3) is 6.95. The molecule has 2 N–H and O–H groups in total. The maximum atomic E-state index is 13.1. The lowest BCUT2D eigenvalue weighted by molar-refractivity contribution is 0.0928. The van der Waals surface area contributed by atoms with Crippen LogP contribution in [0.5, 0.6) is 0 Å². The normalized spacial score (nSPS) is 14.9. The van der Waals surface area contributed by atoms with Gasteiger partial charge in [-0.05, 0) is 31.2 Å². The SMILES string of the molecule is CSCCNC(=O)c1cn(Cc2ccccn2)cc(C(=O)NC2CCCCCCC2)c1=O. The van der Waals surface area contributed by atoms with E-state index in [2.05, 4.69) is 15.6 Å². The minimum absolute atomic E-state index is 0.000470. The predicted octanol–water partition coefficient (Wildman–Crippen LogP) is 3.23. The van der Waals surface area contributed by atoms with Gasteiger partial charge >= 0.3 is 0 Å². The fourth-order valence-corrected chi connectivity index (χ4v) is 4.26. The van der Waals surface area contributed by atoms with Gasteiger partial charge in [-0.2, -0.15) is 11.8 Å². The highest BCUT2D eigenvalue weighted by molar-refractivity contribution is 7.98. The number of carbonyl (C=O) groups excluding carboxylic acids is 2. The number of pyridine rings is 2. The third-order valence-electron chi connectivity index (χ3n) is 5.67. The number of rotatable bonds is 8. The Balaban J connectivity index is 1.87. The molecule has 1 aliphatic rings. The van der Waals surface area contributed by atoms with Crippen molar-refractivity contribution in [1.29, 1.82) is 0 Å². The molecule has 0 unspecified atom stereocenters. The molecule has 0 bridgehead atoms. The van der Waals surface area contributed by atoms with Crippen molar-refractivity contribution in [3.05, 3.63) is 63.8 Å². The molecule has 7 nitrogen and oxygen atoms in total. The summed E-state index contributed by atoms with van der Waals surface area (Å²) in [5.74, 6) is -0.121. The number of nitrogens with one attached hydrogen (secondary N) is 2. The average molecular weight is 457 g/mol. The van der Waals surface area contributed by atoms with Crippen molar-refractivity contribution in [2.24, 2.45) is 0 Å². The maximum absolute atomic E-state index is 13.1. The molecule has 0 aromatic carbocycles. The fraction of sp³-hybridized carbons (Fsp3) is 0.500. The monoisotopic (exact) mass is 456 g/mol. The van der Waals surface area contributed by atoms with E-state index in [-0.39, 0.29) is 17.2 Å². The molecule has 0 spiro atoms. The molecule has 172 valence electrons. The second-order valence-corrected chi connectivity index (χ2v) is 9.16. The van der Waals surface area contributed by atoms with Crippen molar-refractivity contribution in [2.75, 3.05) is 18.6 Å². The van der Waals surface area contributed by atoms with Gasteiger partial charge < -0.3 is 15.2 Å². The van der Waals surface area contributed by atoms with Crippen molar-refractivity contribution in [3.63, 3.8) is 0 Å². The van der Waals surface area contributed by atoms with Crippen molar-refractivity contribution in [2.45, 2.75) is 57.5 Å². The number of hydrogen-bond acceptors (Lipinski definition) is 5. The molecule has 8 heteroatoms. The van der Waals surface area contributed by atoms with Gasteiger partial charge in [0.2, 0.25) is 5.43 Å². The zero-order valence-corrected chi connectivity index (χ0v) is 19.5. The highest BCUT2D eigenvalue weighted by Crippen LogP contribution is 2.17. The van der Waals surface area contributed by atoms with Gasteiger partial charge in [0.1, 0.15) is 11.1 Å². The van der Waals surface area contributed by atoms with Crippen LogP contribution in [-0.4, -0.2) is 46.0 Å². The topological polar surface area (TPSA) is 93.1 Å². The van der Waals surface area contributed by atoms with Gasteiger partial charge in [0.05, 0.1) is 12.2 Å². The summed E-state index contributed by atoms with van der Waals surface area (Å²) in [6, 6.07) is 5.63. The van der Waals surface area contributed by atoms with E-state index >= 15 is 0 Å². The summed E-state index contributed by atoms with van der Waals surface area (Å²) in [5.41, 5.74) is 0.219. The lowest BCUT2D eigenvalue weighted by Crippen LogP contribution is -2.40. The number of hydrogen-bond donors (Lipinski definition) is 2. The van der Waals surface area contributed by atoms with E-state index in [1.54, 1.807) is 22.5 Å². The number of amides is 2. The minimum Gasteiger partial charge on any atom is -0.351 e. The Hall–Kier alpha value is -2.61. The van der Waals surface area contributed by atoms with E-state index in [1.165, 1.54) is 31.7 Å². The molecule has 0 saturated heterocycles. The lowest BCUT2D eigenvalue weighted by Gasteiger charge is -2.21. The largest absolute Gasteiger partial charge is 0.351 e. The van der Waals surface area contributed by atoms with Crippen molar-refractivity contribution >= 4 is 23.6 Å². The van der Waals surface area contributed by atoms with Gasteiger partial charge in [0.25, 0.3) is 11.8 Å². The fourth-order valence-electron chi connectivity index (χ4n) is 3.95. The average Bonchev–Trinajstić information content (AvgIpc) is 2.77. The molecular weight excluding hydrogens is 424 g/mol. The molecule has 0 radical (unpaired) electrons. The van der Waals surface area contributed by atoms with E-state index in [9.17, 15) is 14.4 Å². The van der Waals surface area contributed by atoms with Gasteiger partial charge in [0.15, 0.2) is 0 Å². The smallest absolute Gasteiger partial charge is 0.256 e. The minimum atomic E-state index is -0.535. The summed E-state index contributed by atoms with van der Waals surface area (Å²) in [5, 5.41) is 5.82. The molecule has 1 fully saturated rings. The predicted molar refractivity (Wildman–Crippen MR) is 128 cm³/mol. The first kappa shape index (κ1) is 24.0. The zero-order chi connectivity index (χ0) is 22.8. The summed E-state index contributed by atoms with van der Waals surface area (Å²) in [6.45, 7) is 0.814. The molecule has 3 rings (SSSR count). The Morgan fingerprint density at radius 3 is 2.41 bits per heavy atom. The highest BCUT2D eigenvalue weighted by Gasteiger charge is 2.22. The Bertz CT molecular complexity index is 953. The van der Waals surface area contributed by atoms with Crippen LogP contribution in [0.25, 0.3) is 0 Å². The molecule has 1 aliphatic carbocycles. The summed E-state index contributed by atoms with van der Waals surface area (Å²) in [4.78, 5) is 43.2. The van der Waals surface area contributed by atoms with E-state index in [0.717, 1.165) is 37.1 Å². The second kappa shape index (κ2) is 12.4. The summed E-state index contributed by atoms with van der Waals surface area (Å²) in [7, 11) is 0. The van der Waals surface area contributed by atoms with Crippen LogP contribution < -0.4 is 16.1 Å². The molecule has 0 atom stereocenters. The van der Waals surface area contributed by atoms with E-state index in [4.69, 9.17) is 0 Å². The first-order valence-electron chi connectivity index (χ1n) is 11.3. The zero-order valence-electron chi connectivity index (χ0n) is 18.6. The van der Waals surface area contributed by atoms with E-state index in [1.807, 2.05) is 24.5 Å². The first-order valence-corrected chi connectivity index (χ1v) is 12.7. The lowest BCUT2D eigenvalue weighted by atomic mass is 9.96. The Morgan fingerprint density at radius 2 is 1.75 bits per heavy atom. The van der Waals surface area contributed by atoms with Gasteiger partial charge in [-0.15, -0.1) is 0 Å². The second-order valence-electron chi connectivity index (χ2n) is 8.17. The summed E-state index contributed by atoms with van der Waals surface area (Å²) in [6.07, 6.45) is 14.3. The quantitative estimate of drug-likeness (QED) is 0.595. The van der Waals surface area contributed by atoms with Crippen LogP contribution in [-0.2, 0) is 6.54 Å². The standard InChI is InChI=1S/C24H32N4O3S/c1-32-14-13-26-23(30)20-16-28(15-19-11-7-8-12-25-19)17-21(22(20)29)24(31)27-18-9-5-3-2-4-6-10-18/h7-8,11-12,16-18H,2-6,9-10,13-15H2,1H3,(H,26,30)(H,27,31). The van der Waals surface area contributed by atoms with Crippen molar-refractivity contribution < 1.29 is 9.59 Å².